The van der Waals surface area contributed by atoms with Crippen LogP contribution in [-0.2, 0) is 25.8 Å². The van der Waals surface area contributed by atoms with E-state index in [2.05, 4.69) is 5.32 Å². The Balaban J connectivity index is 2.06. The topological polar surface area (TPSA) is 124 Å². The predicted molar refractivity (Wildman–Crippen MR) is 94.2 cm³/mol. The van der Waals surface area contributed by atoms with Crippen molar-refractivity contribution >= 4 is 21.9 Å². The lowest BCUT2D eigenvalue weighted by molar-refractivity contribution is -0.145. The third kappa shape index (κ3) is 5.46. The highest BCUT2D eigenvalue weighted by Gasteiger charge is 2.36. The monoisotopic (exact) mass is 438 g/mol. The van der Waals surface area contributed by atoms with E-state index in [1.54, 1.807) is 0 Å². The molecule has 0 aliphatic carbocycles. The quantitative estimate of drug-likeness (QED) is 0.610. The predicted octanol–water partition coefficient (Wildman–Crippen LogP) is 1.06. The second kappa shape index (κ2) is 8.67. The molecule has 12 heteroatoms. The fraction of sp³-hybridized carbons (Fsp3) is 0.529. The van der Waals surface area contributed by atoms with Gasteiger partial charge < -0.3 is 15.5 Å². The average molecular weight is 438 g/mol. The number of benzene rings is 1. The number of aliphatic hydroxyl groups excluding tert-OH is 1. The Labute approximate surface area is 165 Å². The molecule has 29 heavy (non-hydrogen) atoms. The Morgan fingerprint density at radius 2 is 1.83 bits per heavy atom. The van der Waals surface area contributed by atoms with Gasteiger partial charge in [-0.3, -0.25) is 4.79 Å². The molecule has 1 aromatic carbocycles. The van der Waals surface area contributed by atoms with Crippen LogP contribution in [0.5, 0.6) is 0 Å². The molecule has 1 saturated heterocycles. The van der Waals surface area contributed by atoms with Gasteiger partial charge >= 0.3 is 12.1 Å². The largest absolute Gasteiger partial charge is 0.480 e. The normalized spacial score (nSPS) is 18.8. The lowest BCUT2D eigenvalue weighted by atomic mass is 9.96. The van der Waals surface area contributed by atoms with Crippen LogP contribution >= 0.6 is 0 Å². The molecule has 3 N–H and O–H groups in total. The molecule has 1 aliphatic heterocycles. The molecule has 0 saturated carbocycles. The Morgan fingerprint density at radius 3 is 2.31 bits per heavy atom. The number of halogens is 3. The maximum atomic E-state index is 12.8. The molecule has 1 heterocycles. The molecule has 0 radical (unpaired) electrons. The third-order valence-electron chi connectivity index (χ3n) is 4.67. The van der Waals surface area contributed by atoms with Crippen molar-refractivity contribution < 1.29 is 41.4 Å². The van der Waals surface area contributed by atoms with E-state index in [9.17, 15) is 36.3 Å². The zero-order valence-electron chi connectivity index (χ0n) is 15.4. The van der Waals surface area contributed by atoms with Gasteiger partial charge in [0, 0.05) is 19.0 Å². The lowest BCUT2D eigenvalue weighted by Crippen LogP contribution is -2.51. The summed E-state index contributed by atoms with van der Waals surface area (Å²) in [4.78, 5) is 22.8. The number of hydrogen-bond acceptors (Lipinski definition) is 5. The molecule has 2 atom stereocenters. The number of sulfonamides is 1. The summed E-state index contributed by atoms with van der Waals surface area (Å²) in [5, 5.41) is 20.6. The minimum atomic E-state index is -4.68. The SMILES string of the molecule is C[C@H](O)[C@@H](NC(=O)C1CCN(S(=O)(=O)c2cccc(C(F)(F)F)c2)CC1)C(=O)O. The Hall–Kier alpha value is -2.18. The van der Waals surface area contributed by atoms with E-state index in [-0.39, 0.29) is 25.9 Å². The minimum absolute atomic E-state index is 0.0656. The van der Waals surface area contributed by atoms with Gasteiger partial charge in [0.15, 0.2) is 6.04 Å². The molecule has 1 fully saturated rings. The molecule has 0 unspecified atom stereocenters. The van der Waals surface area contributed by atoms with E-state index in [0.717, 1.165) is 22.5 Å². The first-order chi connectivity index (χ1) is 13.3. The van der Waals surface area contributed by atoms with Gasteiger partial charge in [0.05, 0.1) is 16.6 Å². The molecule has 0 aromatic heterocycles. The van der Waals surface area contributed by atoms with Crippen molar-refractivity contribution in [3.63, 3.8) is 0 Å². The molecule has 0 spiro atoms. The number of amides is 1. The maximum absolute atomic E-state index is 12.8. The van der Waals surface area contributed by atoms with Crippen molar-refractivity contribution in [3.05, 3.63) is 29.8 Å². The molecule has 0 bridgehead atoms. The first kappa shape index (κ1) is 23.1. The first-order valence-corrected chi connectivity index (χ1v) is 10.2. The second-order valence-electron chi connectivity index (χ2n) is 6.77. The summed E-state index contributed by atoms with van der Waals surface area (Å²) < 4.78 is 64.8. The van der Waals surface area contributed by atoms with Crippen LogP contribution in [0.25, 0.3) is 0 Å². The van der Waals surface area contributed by atoms with Crippen molar-refractivity contribution in [1.29, 1.82) is 0 Å². The Morgan fingerprint density at radius 1 is 1.24 bits per heavy atom. The number of alkyl halides is 3. The van der Waals surface area contributed by atoms with Crippen molar-refractivity contribution in [3.8, 4) is 0 Å². The maximum Gasteiger partial charge on any atom is 0.416 e. The van der Waals surface area contributed by atoms with Crippen LogP contribution in [0.2, 0.25) is 0 Å². The van der Waals surface area contributed by atoms with Crippen LogP contribution in [0, 0.1) is 5.92 Å². The standard InChI is InChI=1S/C17H21F3N2O6S/c1-10(23)14(16(25)26)21-15(24)11-5-7-22(8-6-11)29(27,28)13-4-2-3-12(9-13)17(18,19)20/h2-4,9-11,14,23H,5-8H2,1H3,(H,21,24)(H,25,26)/t10-,14+/m0/s1. The van der Waals surface area contributed by atoms with E-state index in [4.69, 9.17) is 5.11 Å². The first-order valence-electron chi connectivity index (χ1n) is 8.72. The molecule has 162 valence electrons. The summed E-state index contributed by atoms with van der Waals surface area (Å²) in [6.45, 7) is 0.996. The van der Waals surface area contributed by atoms with Crippen molar-refractivity contribution in [2.45, 2.75) is 43.0 Å². The number of carbonyl (C=O) groups is 2. The molecule has 1 aliphatic rings. The van der Waals surface area contributed by atoms with Gasteiger partial charge in [-0.25, -0.2) is 13.2 Å². The van der Waals surface area contributed by atoms with Crippen LogP contribution in [0.3, 0.4) is 0 Å². The van der Waals surface area contributed by atoms with Gasteiger partial charge in [0.1, 0.15) is 0 Å². The highest BCUT2D eigenvalue weighted by molar-refractivity contribution is 7.89. The number of aliphatic hydroxyl groups is 1. The highest BCUT2D eigenvalue weighted by Crippen LogP contribution is 2.32. The number of aliphatic carboxylic acids is 1. The average Bonchev–Trinajstić information content (AvgIpc) is 2.65. The van der Waals surface area contributed by atoms with Gasteiger partial charge in [-0.05, 0) is 38.0 Å². The number of rotatable bonds is 6. The summed E-state index contributed by atoms with van der Waals surface area (Å²) in [6, 6.07) is 1.93. The fourth-order valence-electron chi connectivity index (χ4n) is 3.00. The van der Waals surface area contributed by atoms with Gasteiger partial charge in [0.2, 0.25) is 15.9 Å². The third-order valence-corrected chi connectivity index (χ3v) is 6.56. The van der Waals surface area contributed by atoms with Crippen LogP contribution in [0.15, 0.2) is 29.2 Å². The van der Waals surface area contributed by atoms with Crippen molar-refractivity contribution in [2.75, 3.05) is 13.1 Å². The Kier molecular flexibility index (Phi) is 6.91. The summed E-state index contributed by atoms with van der Waals surface area (Å²) in [7, 11) is -4.18. The fourth-order valence-corrected chi connectivity index (χ4v) is 4.52. The number of piperidine rings is 1. The molecular weight excluding hydrogens is 417 g/mol. The highest BCUT2D eigenvalue weighted by atomic mass is 32.2. The number of nitrogens with one attached hydrogen (secondary N) is 1. The van der Waals surface area contributed by atoms with Crippen LogP contribution in [0.4, 0.5) is 13.2 Å². The van der Waals surface area contributed by atoms with Gasteiger partial charge in [-0.15, -0.1) is 0 Å². The van der Waals surface area contributed by atoms with E-state index in [1.807, 2.05) is 0 Å². The molecule has 1 amide bonds. The molecule has 1 aromatic rings. The Bertz CT molecular complexity index is 864. The van der Waals surface area contributed by atoms with Crippen LogP contribution < -0.4 is 5.32 Å². The molecular formula is C17H21F3N2O6S. The number of hydrogen-bond donors (Lipinski definition) is 3. The summed E-state index contributed by atoms with van der Waals surface area (Å²) in [5.74, 6) is -2.71. The van der Waals surface area contributed by atoms with Gasteiger partial charge in [-0.1, -0.05) is 6.07 Å². The second-order valence-corrected chi connectivity index (χ2v) is 8.71. The van der Waals surface area contributed by atoms with Crippen molar-refractivity contribution in [1.82, 2.24) is 9.62 Å². The zero-order chi connectivity index (χ0) is 22.0. The summed E-state index contributed by atoms with van der Waals surface area (Å²) in [5.41, 5.74) is -1.08. The van der Waals surface area contributed by atoms with E-state index in [0.29, 0.717) is 6.07 Å². The number of carboxylic acid groups (broad SMARTS) is 1. The van der Waals surface area contributed by atoms with Gasteiger partial charge in [-0.2, -0.15) is 17.5 Å². The lowest BCUT2D eigenvalue weighted by Gasteiger charge is -2.31. The molecule has 2 rings (SSSR count). The zero-order valence-corrected chi connectivity index (χ0v) is 16.2. The van der Waals surface area contributed by atoms with E-state index in [1.165, 1.54) is 6.92 Å². The van der Waals surface area contributed by atoms with E-state index >= 15 is 0 Å². The van der Waals surface area contributed by atoms with Crippen LogP contribution in [0.1, 0.15) is 25.3 Å². The smallest absolute Gasteiger partial charge is 0.416 e. The van der Waals surface area contributed by atoms with Crippen molar-refractivity contribution in [2.24, 2.45) is 5.92 Å². The molecule has 8 nitrogen and oxygen atoms in total. The van der Waals surface area contributed by atoms with Crippen LogP contribution in [-0.4, -0.2) is 60.0 Å². The van der Waals surface area contributed by atoms with Gasteiger partial charge in [0.25, 0.3) is 0 Å². The number of carboxylic acids is 1. The number of nitrogens with zero attached hydrogens (tertiary/aromatic N) is 1. The summed E-state index contributed by atoms with van der Waals surface area (Å²) >= 11 is 0. The minimum Gasteiger partial charge on any atom is -0.480 e. The summed E-state index contributed by atoms with van der Waals surface area (Å²) in [6.07, 6.45) is -5.87. The number of carbonyl (C=O) groups excluding carboxylic acids is 1. The van der Waals surface area contributed by atoms with E-state index < -0.39 is 56.6 Å².